The number of carbonyl (C=O) groups excluding carboxylic acids is 1. The first kappa shape index (κ1) is 16.7. The van der Waals surface area contributed by atoms with Gasteiger partial charge in [-0.25, -0.2) is 9.67 Å². The van der Waals surface area contributed by atoms with E-state index in [-0.39, 0.29) is 18.4 Å². The lowest BCUT2D eigenvalue weighted by Crippen LogP contribution is -2.43. The fourth-order valence-corrected chi connectivity index (χ4v) is 4.38. The molecule has 8 heteroatoms. The summed E-state index contributed by atoms with van der Waals surface area (Å²) in [4.78, 5) is 42.3. The van der Waals surface area contributed by atoms with Gasteiger partial charge >= 0.3 is 0 Å². The van der Waals surface area contributed by atoms with Crippen LogP contribution in [0.25, 0.3) is 10.2 Å². The van der Waals surface area contributed by atoms with Crippen molar-refractivity contribution >= 4 is 27.5 Å². The molecule has 3 aromatic rings. The number of carbonyl (C=O) groups is 1. The molecule has 4 rings (SSSR count). The second-order valence-electron chi connectivity index (χ2n) is 6.43. The average molecular weight is 370 g/mol. The minimum atomic E-state index is -0.400. The predicted molar refractivity (Wildman–Crippen MR) is 99.5 cm³/mol. The summed E-state index contributed by atoms with van der Waals surface area (Å²) in [5.41, 5.74) is 0.199. The van der Waals surface area contributed by atoms with Crippen molar-refractivity contribution in [1.82, 2.24) is 19.7 Å². The van der Waals surface area contributed by atoms with Gasteiger partial charge in [-0.1, -0.05) is 12.1 Å². The van der Waals surface area contributed by atoms with E-state index in [0.29, 0.717) is 13.1 Å². The molecule has 1 amide bonds. The van der Waals surface area contributed by atoms with Gasteiger partial charge in [0.25, 0.3) is 11.1 Å². The third kappa shape index (κ3) is 3.32. The molecule has 1 aliphatic rings. The van der Waals surface area contributed by atoms with Crippen LogP contribution in [0, 0.1) is 0 Å². The van der Waals surface area contributed by atoms with Gasteiger partial charge in [-0.2, -0.15) is 0 Å². The number of rotatable bonds is 3. The molecule has 1 N–H and O–H groups in total. The van der Waals surface area contributed by atoms with Crippen LogP contribution in [0.1, 0.15) is 23.8 Å². The van der Waals surface area contributed by atoms with Crippen molar-refractivity contribution < 1.29 is 4.79 Å². The summed E-state index contributed by atoms with van der Waals surface area (Å²) in [6.45, 7) is 1.10. The monoisotopic (exact) mass is 370 g/mol. The summed E-state index contributed by atoms with van der Waals surface area (Å²) >= 11 is 1.67. The number of hydrogen-bond acceptors (Lipinski definition) is 5. The van der Waals surface area contributed by atoms with E-state index >= 15 is 0 Å². The van der Waals surface area contributed by atoms with Gasteiger partial charge in [0.1, 0.15) is 6.54 Å². The Morgan fingerprint density at radius 3 is 2.92 bits per heavy atom. The summed E-state index contributed by atoms with van der Waals surface area (Å²) in [6.07, 6.45) is 1.89. The Kier molecular flexibility index (Phi) is 4.42. The second kappa shape index (κ2) is 6.87. The number of aromatic amines is 1. The molecular weight excluding hydrogens is 352 g/mol. The first-order valence-corrected chi connectivity index (χ1v) is 9.35. The van der Waals surface area contributed by atoms with Crippen LogP contribution >= 0.6 is 11.3 Å². The highest BCUT2D eigenvalue weighted by Crippen LogP contribution is 2.32. The maximum Gasteiger partial charge on any atom is 0.265 e. The van der Waals surface area contributed by atoms with Gasteiger partial charge in [-0.15, -0.1) is 11.3 Å². The third-order valence-corrected chi connectivity index (χ3v) is 5.81. The Balaban J connectivity index is 1.50. The van der Waals surface area contributed by atoms with E-state index in [4.69, 9.17) is 4.98 Å². The fourth-order valence-electron chi connectivity index (χ4n) is 3.28. The van der Waals surface area contributed by atoms with Gasteiger partial charge in [0.05, 0.1) is 15.2 Å². The number of likely N-dealkylation sites (tertiary alicyclic amines) is 1. The lowest BCUT2D eigenvalue weighted by molar-refractivity contribution is -0.133. The molecule has 3 heterocycles. The molecule has 134 valence electrons. The van der Waals surface area contributed by atoms with Crippen molar-refractivity contribution in [2.75, 3.05) is 13.1 Å². The summed E-state index contributed by atoms with van der Waals surface area (Å²) < 4.78 is 2.21. The SMILES string of the molecule is O=C(Cn1[nH]c(=O)ccc1=O)N1CCC[C@H](c2nc3ccccc3s2)C1. The van der Waals surface area contributed by atoms with Gasteiger partial charge in [-0.3, -0.25) is 19.5 Å². The van der Waals surface area contributed by atoms with Gasteiger partial charge in [-0.05, 0) is 25.0 Å². The first-order valence-electron chi connectivity index (χ1n) is 8.53. The number of amides is 1. The Morgan fingerprint density at radius 2 is 2.08 bits per heavy atom. The number of nitrogens with zero attached hydrogens (tertiary/aromatic N) is 3. The van der Waals surface area contributed by atoms with Crippen LogP contribution in [-0.4, -0.2) is 38.7 Å². The predicted octanol–water partition coefficient (Wildman–Crippen LogP) is 1.55. The largest absolute Gasteiger partial charge is 0.340 e. The summed E-state index contributed by atoms with van der Waals surface area (Å²) in [5.74, 6) is 0.0383. The van der Waals surface area contributed by atoms with Crippen LogP contribution in [0.4, 0.5) is 0 Å². The quantitative estimate of drug-likeness (QED) is 0.758. The number of piperidine rings is 1. The summed E-state index contributed by atoms with van der Waals surface area (Å²) in [7, 11) is 0. The smallest absolute Gasteiger partial charge is 0.265 e. The molecule has 2 aromatic heterocycles. The van der Waals surface area contributed by atoms with E-state index in [1.165, 1.54) is 6.07 Å². The number of thiazole rings is 1. The van der Waals surface area contributed by atoms with Crippen LogP contribution in [0.3, 0.4) is 0 Å². The Labute approximate surface area is 152 Å². The van der Waals surface area contributed by atoms with Crippen LogP contribution in [0.15, 0.2) is 46.0 Å². The molecule has 0 spiro atoms. The normalized spacial score (nSPS) is 17.5. The summed E-state index contributed by atoms with van der Waals surface area (Å²) in [6, 6.07) is 10.4. The zero-order valence-corrected chi connectivity index (χ0v) is 14.9. The van der Waals surface area contributed by atoms with E-state index in [9.17, 15) is 14.4 Å². The number of para-hydroxylation sites is 1. The lowest BCUT2D eigenvalue weighted by atomic mass is 9.98. The van der Waals surface area contributed by atoms with Gasteiger partial charge in [0.2, 0.25) is 5.91 Å². The number of fused-ring (bicyclic) bond motifs is 1. The Morgan fingerprint density at radius 1 is 1.23 bits per heavy atom. The van der Waals surface area contributed by atoms with Crippen molar-refractivity contribution in [2.24, 2.45) is 0 Å². The molecule has 26 heavy (non-hydrogen) atoms. The van der Waals surface area contributed by atoms with Crippen LogP contribution in [0.5, 0.6) is 0 Å². The maximum atomic E-state index is 12.6. The zero-order chi connectivity index (χ0) is 18.1. The second-order valence-corrected chi connectivity index (χ2v) is 7.49. The molecule has 0 saturated carbocycles. The molecule has 7 nitrogen and oxygen atoms in total. The topological polar surface area (TPSA) is 88.1 Å². The van der Waals surface area contributed by atoms with E-state index in [1.54, 1.807) is 16.2 Å². The molecular formula is C18H18N4O3S. The van der Waals surface area contributed by atoms with Crippen molar-refractivity contribution in [1.29, 1.82) is 0 Å². The highest BCUT2D eigenvalue weighted by atomic mass is 32.1. The molecule has 0 radical (unpaired) electrons. The number of nitrogens with one attached hydrogen (secondary N) is 1. The minimum Gasteiger partial charge on any atom is -0.340 e. The zero-order valence-electron chi connectivity index (χ0n) is 14.1. The molecule has 0 unspecified atom stereocenters. The number of H-pyrrole nitrogens is 1. The van der Waals surface area contributed by atoms with E-state index < -0.39 is 11.1 Å². The van der Waals surface area contributed by atoms with Gasteiger partial charge in [0, 0.05) is 31.1 Å². The Hall–Kier alpha value is -2.74. The summed E-state index contributed by atoms with van der Waals surface area (Å²) in [5, 5.41) is 3.45. The number of aromatic nitrogens is 3. The van der Waals surface area contributed by atoms with E-state index in [0.717, 1.165) is 38.8 Å². The van der Waals surface area contributed by atoms with Crippen molar-refractivity contribution in [3.63, 3.8) is 0 Å². The number of benzene rings is 1. The van der Waals surface area contributed by atoms with Gasteiger partial charge < -0.3 is 4.90 Å². The molecule has 1 aliphatic heterocycles. The lowest BCUT2D eigenvalue weighted by Gasteiger charge is -2.31. The van der Waals surface area contributed by atoms with Crippen molar-refractivity contribution in [3.05, 3.63) is 62.1 Å². The molecule has 1 aromatic carbocycles. The number of hydrogen-bond donors (Lipinski definition) is 1. The minimum absolute atomic E-state index is 0.151. The van der Waals surface area contributed by atoms with Crippen molar-refractivity contribution in [2.45, 2.75) is 25.3 Å². The Bertz CT molecular complexity index is 1030. The average Bonchev–Trinajstić information content (AvgIpc) is 3.09. The van der Waals surface area contributed by atoms with E-state index in [2.05, 4.69) is 11.2 Å². The van der Waals surface area contributed by atoms with Crippen LogP contribution in [-0.2, 0) is 11.3 Å². The van der Waals surface area contributed by atoms with Gasteiger partial charge in [0.15, 0.2) is 0 Å². The molecule has 1 fully saturated rings. The fraction of sp³-hybridized carbons (Fsp3) is 0.333. The molecule has 0 aliphatic carbocycles. The third-order valence-electron chi connectivity index (χ3n) is 4.62. The maximum absolute atomic E-state index is 12.6. The van der Waals surface area contributed by atoms with Crippen LogP contribution in [0.2, 0.25) is 0 Å². The molecule has 1 saturated heterocycles. The van der Waals surface area contributed by atoms with E-state index in [1.807, 2.05) is 18.2 Å². The molecule has 0 bridgehead atoms. The van der Waals surface area contributed by atoms with Crippen LogP contribution < -0.4 is 11.1 Å². The van der Waals surface area contributed by atoms with Crippen molar-refractivity contribution in [3.8, 4) is 0 Å². The highest BCUT2D eigenvalue weighted by Gasteiger charge is 2.27. The molecule has 1 atom stereocenters. The standard InChI is InChI=1S/C18H18N4O3S/c23-15-7-8-16(24)22(20-15)11-17(25)21-9-3-4-12(10-21)18-19-13-5-1-2-6-14(13)26-18/h1-2,5-8,12H,3-4,9-11H2,(H,20,23)/t12-/m0/s1. The highest BCUT2D eigenvalue weighted by molar-refractivity contribution is 7.18. The first-order chi connectivity index (χ1) is 12.6.